The van der Waals surface area contributed by atoms with Gasteiger partial charge in [0.05, 0.1) is 18.5 Å². The van der Waals surface area contributed by atoms with Gasteiger partial charge in [-0.3, -0.25) is 9.88 Å². The summed E-state index contributed by atoms with van der Waals surface area (Å²) in [5.41, 5.74) is 0.978. The number of halogens is 1. The first-order valence-corrected chi connectivity index (χ1v) is 6.01. The van der Waals surface area contributed by atoms with E-state index < -0.39 is 0 Å². The summed E-state index contributed by atoms with van der Waals surface area (Å²) in [4.78, 5) is 6.55. The van der Waals surface area contributed by atoms with Crippen LogP contribution < -0.4 is 0 Å². The summed E-state index contributed by atoms with van der Waals surface area (Å²) in [5.74, 6) is 0.967. The third-order valence-corrected chi connectivity index (χ3v) is 2.81. The molecule has 3 nitrogen and oxygen atoms in total. The van der Waals surface area contributed by atoms with Crippen LogP contribution in [0.15, 0.2) is 41.1 Å². The van der Waals surface area contributed by atoms with E-state index in [1.54, 1.807) is 18.5 Å². The van der Waals surface area contributed by atoms with E-state index in [1.165, 1.54) is 0 Å². The first-order chi connectivity index (χ1) is 8.28. The Labute approximate surface area is 106 Å². The highest BCUT2D eigenvalue weighted by molar-refractivity contribution is 6.30. The minimum Gasteiger partial charge on any atom is -0.468 e. The van der Waals surface area contributed by atoms with Crippen molar-refractivity contribution < 1.29 is 4.42 Å². The van der Waals surface area contributed by atoms with Crippen LogP contribution in [-0.2, 0) is 13.1 Å². The molecule has 0 amide bonds. The molecule has 0 atom stereocenters. The molecule has 0 spiro atoms. The fourth-order valence-electron chi connectivity index (χ4n) is 1.67. The zero-order chi connectivity index (χ0) is 12.1. The van der Waals surface area contributed by atoms with Gasteiger partial charge in [0.25, 0.3) is 0 Å². The quantitative estimate of drug-likeness (QED) is 0.815. The van der Waals surface area contributed by atoms with E-state index in [1.807, 2.05) is 18.2 Å². The van der Waals surface area contributed by atoms with Crippen molar-refractivity contribution in [3.05, 3.63) is 53.2 Å². The van der Waals surface area contributed by atoms with E-state index in [0.717, 1.165) is 36.1 Å². The third-order valence-electron chi connectivity index (χ3n) is 2.57. The zero-order valence-corrected chi connectivity index (χ0v) is 10.5. The molecule has 2 aromatic rings. The van der Waals surface area contributed by atoms with Crippen LogP contribution in [0.25, 0.3) is 0 Å². The van der Waals surface area contributed by atoms with Gasteiger partial charge in [0, 0.05) is 17.8 Å². The third kappa shape index (κ3) is 3.58. The molecule has 2 rings (SSSR count). The Morgan fingerprint density at radius 1 is 1.35 bits per heavy atom. The summed E-state index contributed by atoms with van der Waals surface area (Å²) < 4.78 is 5.34. The molecule has 0 bridgehead atoms. The molecule has 0 aliphatic heterocycles. The highest BCUT2D eigenvalue weighted by Gasteiger charge is 2.07. The molecule has 17 heavy (non-hydrogen) atoms. The molecule has 0 aromatic carbocycles. The lowest BCUT2D eigenvalue weighted by molar-refractivity contribution is 0.245. The average Bonchev–Trinajstić information content (AvgIpc) is 2.81. The predicted octanol–water partition coefficient (Wildman–Crippen LogP) is 3.35. The van der Waals surface area contributed by atoms with Crippen LogP contribution in [0.5, 0.6) is 0 Å². The first kappa shape index (κ1) is 12.1. The first-order valence-electron chi connectivity index (χ1n) is 5.63. The van der Waals surface area contributed by atoms with Gasteiger partial charge in [-0.1, -0.05) is 18.5 Å². The maximum atomic E-state index is 5.94. The molecular formula is C13H15ClN2O. The second kappa shape index (κ2) is 5.84. The Morgan fingerprint density at radius 3 is 2.88 bits per heavy atom. The second-order valence-corrected chi connectivity index (χ2v) is 4.28. The summed E-state index contributed by atoms with van der Waals surface area (Å²) in [7, 11) is 0. The van der Waals surface area contributed by atoms with Gasteiger partial charge in [-0.05, 0) is 30.8 Å². The van der Waals surface area contributed by atoms with Crippen LogP contribution in [0.2, 0.25) is 5.02 Å². The van der Waals surface area contributed by atoms with Crippen LogP contribution in [0.1, 0.15) is 18.4 Å². The van der Waals surface area contributed by atoms with E-state index in [2.05, 4.69) is 16.8 Å². The van der Waals surface area contributed by atoms with Gasteiger partial charge in [-0.25, -0.2) is 0 Å². The second-order valence-electron chi connectivity index (χ2n) is 3.85. The molecule has 2 aromatic heterocycles. The maximum Gasteiger partial charge on any atom is 0.117 e. The molecule has 4 heteroatoms. The number of nitrogens with zero attached hydrogens (tertiary/aromatic N) is 2. The minimum atomic E-state index is 0.726. The van der Waals surface area contributed by atoms with Crippen LogP contribution in [0.4, 0.5) is 0 Å². The molecule has 0 fully saturated rings. The number of furan rings is 1. The largest absolute Gasteiger partial charge is 0.468 e. The minimum absolute atomic E-state index is 0.726. The van der Waals surface area contributed by atoms with Crippen LogP contribution in [-0.4, -0.2) is 16.4 Å². The van der Waals surface area contributed by atoms with Crippen molar-refractivity contribution in [2.75, 3.05) is 6.54 Å². The van der Waals surface area contributed by atoms with Crippen LogP contribution in [0.3, 0.4) is 0 Å². The lowest BCUT2D eigenvalue weighted by atomic mass is 10.3. The summed E-state index contributed by atoms with van der Waals surface area (Å²) in [5, 5.41) is 0.726. The molecule has 0 unspecified atom stereocenters. The van der Waals surface area contributed by atoms with Gasteiger partial charge in [-0.2, -0.15) is 0 Å². The van der Waals surface area contributed by atoms with Crippen LogP contribution >= 0.6 is 11.6 Å². The fraction of sp³-hybridized carbons (Fsp3) is 0.308. The van der Waals surface area contributed by atoms with Gasteiger partial charge in [-0.15, -0.1) is 0 Å². The van der Waals surface area contributed by atoms with E-state index >= 15 is 0 Å². The SMILES string of the molecule is CCN(Cc1cc(Cl)ccn1)Cc1ccco1. The maximum absolute atomic E-state index is 5.94. The van der Waals surface area contributed by atoms with E-state index in [9.17, 15) is 0 Å². The number of hydrogen-bond donors (Lipinski definition) is 0. The molecule has 0 saturated heterocycles. The van der Waals surface area contributed by atoms with Crippen molar-refractivity contribution in [2.24, 2.45) is 0 Å². The molecule has 0 saturated carbocycles. The van der Waals surface area contributed by atoms with Crippen molar-refractivity contribution in [3.63, 3.8) is 0 Å². The van der Waals surface area contributed by atoms with Gasteiger partial charge in [0.1, 0.15) is 5.76 Å². The Kier molecular flexibility index (Phi) is 4.18. The monoisotopic (exact) mass is 250 g/mol. The number of pyridine rings is 1. The molecule has 0 radical (unpaired) electrons. The van der Waals surface area contributed by atoms with Gasteiger partial charge < -0.3 is 4.42 Å². The number of aromatic nitrogens is 1. The number of rotatable bonds is 5. The molecule has 90 valence electrons. The smallest absolute Gasteiger partial charge is 0.117 e. The lowest BCUT2D eigenvalue weighted by Crippen LogP contribution is -2.22. The summed E-state index contributed by atoms with van der Waals surface area (Å²) in [6, 6.07) is 7.56. The van der Waals surface area contributed by atoms with E-state index in [4.69, 9.17) is 16.0 Å². The molecule has 0 aliphatic rings. The zero-order valence-electron chi connectivity index (χ0n) is 9.77. The van der Waals surface area contributed by atoms with E-state index in [-0.39, 0.29) is 0 Å². The molecular weight excluding hydrogens is 236 g/mol. The van der Waals surface area contributed by atoms with Crippen molar-refractivity contribution in [1.82, 2.24) is 9.88 Å². The summed E-state index contributed by atoms with van der Waals surface area (Å²) in [6.45, 7) is 4.62. The standard InChI is InChI=1S/C13H15ClN2O/c1-2-16(10-13-4-3-7-17-13)9-12-8-11(14)5-6-15-12/h3-8H,2,9-10H2,1H3. The molecule has 0 aliphatic carbocycles. The highest BCUT2D eigenvalue weighted by Crippen LogP contribution is 2.12. The van der Waals surface area contributed by atoms with Gasteiger partial charge in [0.15, 0.2) is 0 Å². The normalized spacial score (nSPS) is 11.0. The van der Waals surface area contributed by atoms with E-state index in [0.29, 0.717) is 0 Å². The van der Waals surface area contributed by atoms with Gasteiger partial charge >= 0.3 is 0 Å². The fourth-order valence-corrected chi connectivity index (χ4v) is 1.85. The summed E-state index contributed by atoms with van der Waals surface area (Å²) >= 11 is 5.94. The number of hydrogen-bond acceptors (Lipinski definition) is 3. The van der Waals surface area contributed by atoms with Crippen molar-refractivity contribution in [2.45, 2.75) is 20.0 Å². The van der Waals surface area contributed by atoms with Crippen molar-refractivity contribution >= 4 is 11.6 Å². The van der Waals surface area contributed by atoms with Gasteiger partial charge in [0.2, 0.25) is 0 Å². The van der Waals surface area contributed by atoms with Crippen LogP contribution in [0, 0.1) is 0 Å². The average molecular weight is 251 g/mol. The summed E-state index contributed by atoms with van der Waals surface area (Å²) in [6.07, 6.45) is 3.43. The molecule has 0 N–H and O–H groups in total. The molecule has 2 heterocycles. The Bertz CT molecular complexity index is 456. The Morgan fingerprint density at radius 2 is 2.24 bits per heavy atom. The predicted molar refractivity (Wildman–Crippen MR) is 67.7 cm³/mol. The Hall–Kier alpha value is -1.32. The Balaban J connectivity index is 2.00. The van der Waals surface area contributed by atoms with Crippen molar-refractivity contribution in [3.8, 4) is 0 Å². The highest BCUT2D eigenvalue weighted by atomic mass is 35.5. The topological polar surface area (TPSA) is 29.3 Å². The lowest BCUT2D eigenvalue weighted by Gasteiger charge is -2.18. The van der Waals surface area contributed by atoms with Crippen molar-refractivity contribution in [1.29, 1.82) is 0 Å².